The largest absolute Gasteiger partial charge is 1.00 e. The molecule has 0 aliphatic carbocycles. The van der Waals surface area contributed by atoms with E-state index in [0.717, 1.165) is 19.3 Å². The summed E-state index contributed by atoms with van der Waals surface area (Å²) in [5.41, 5.74) is 0. The van der Waals surface area contributed by atoms with Crippen molar-refractivity contribution in [1.29, 1.82) is 0 Å². The van der Waals surface area contributed by atoms with Crippen LogP contribution in [0.5, 0.6) is 0 Å². The average molecular weight is 383 g/mol. The molecule has 0 atom stereocenters. The Morgan fingerprint density at radius 3 is 1.68 bits per heavy atom. The van der Waals surface area contributed by atoms with Crippen LogP contribution in [0.4, 0.5) is 0 Å². The van der Waals surface area contributed by atoms with E-state index in [9.17, 15) is 14.2 Å². The molecule has 0 aromatic rings. The van der Waals surface area contributed by atoms with Gasteiger partial charge in [0, 0.05) is 13.0 Å². The Morgan fingerprint density at radius 2 is 1.36 bits per heavy atom. The summed E-state index contributed by atoms with van der Waals surface area (Å²) >= 11 is 0. The molecule has 0 heterocycles. The number of unbranched alkanes of at least 4 members (excludes halogenated alkanes) is 2. The first-order chi connectivity index (χ1) is 8.45. The van der Waals surface area contributed by atoms with Crippen molar-refractivity contribution in [1.82, 2.24) is 4.90 Å². The van der Waals surface area contributed by atoms with Crippen LogP contribution in [0.2, 0.25) is 0 Å². The molecule has 0 fully saturated rings. The summed E-state index contributed by atoms with van der Waals surface area (Å²) in [6.07, 6.45) is 2.19. The van der Waals surface area contributed by atoms with Gasteiger partial charge in [-0.25, -0.2) is 0 Å². The molecule has 0 amide bonds. The van der Waals surface area contributed by atoms with Gasteiger partial charge in [-0.15, -0.1) is 0 Å². The summed E-state index contributed by atoms with van der Waals surface area (Å²) in [4.78, 5) is 37.5. The predicted molar refractivity (Wildman–Crippen MR) is 74.3 cm³/mol. The van der Waals surface area contributed by atoms with E-state index in [0.29, 0.717) is 6.54 Å². The van der Waals surface area contributed by atoms with Gasteiger partial charge in [0.2, 0.25) is 0 Å². The van der Waals surface area contributed by atoms with E-state index in [1.54, 1.807) is 11.9 Å². The molecule has 0 spiro atoms. The van der Waals surface area contributed by atoms with Crippen molar-refractivity contribution in [2.24, 2.45) is 0 Å². The minimum Gasteiger partial charge on any atom is -0.412 e. The standard InChI is InChI=1S/C9H23NO7P2.2Na.H2O/c1-3-4-5-7-10(2)8-6-9(11,18(12,13)14)19(15,16)17;;;/h11H,3-8H2,1-2H3,(H2,12,13,14)(H2,15,16,17);;;1H2/q;2*+1;. The Hall–Kier alpha value is 2.18. The van der Waals surface area contributed by atoms with Crippen LogP contribution in [0.15, 0.2) is 0 Å². The van der Waals surface area contributed by atoms with Gasteiger partial charge < -0.3 is 35.1 Å². The van der Waals surface area contributed by atoms with Crippen molar-refractivity contribution in [2.75, 3.05) is 20.1 Å². The molecule has 0 bridgehead atoms. The number of hydrogen-bond donors (Lipinski definition) is 5. The third-order valence-corrected chi connectivity index (χ3v) is 6.78. The van der Waals surface area contributed by atoms with Gasteiger partial charge in [-0.2, -0.15) is 0 Å². The molecule has 0 saturated carbocycles. The van der Waals surface area contributed by atoms with Gasteiger partial charge in [-0.05, 0) is 20.0 Å². The maximum absolute atomic E-state index is 11.1. The maximum atomic E-state index is 11.1. The van der Waals surface area contributed by atoms with Gasteiger partial charge >= 0.3 is 74.3 Å². The maximum Gasteiger partial charge on any atom is 1.00 e. The molecule has 0 aromatic carbocycles. The minimum absolute atomic E-state index is 0. The monoisotopic (exact) mass is 383 g/mol. The Balaban J connectivity index is -0.000000540. The molecule has 22 heavy (non-hydrogen) atoms. The van der Waals surface area contributed by atoms with Crippen LogP contribution in [-0.4, -0.2) is 60.3 Å². The first kappa shape index (κ1) is 31.9. The molecule has 0 aliphatic rings. The fourth-order valence-electron chi connectivity index (χ4n) is 1.55. The minimum atomic E-state index is -5.33. The molecule has 7 N–H and O–H groups in total. The fraction of sp³-hybridized carbons (Fsp3) is 1.00. The number of rotatable bonds is 9. The molecule has 0 saturated heterocycles. The van der Waals surface area contributed by atoms with Gasteiger partial charge in [0.1, 0.15) is 0 Å². The topological polar surface area (TPSA) is 170 Å². The number of aliphatic hydroxyl groups is 1. The molecular weight excluding hydrogens is 358 g/mol. The molecule has 9 nitrogen and oxygen atoms in total. The fourth-order valence-corrected chi connectivity index (χ4v) is 3.69. The molecule has 13 heteroatoms. The van der Waals surface area contributed by atoms with Gasteiger partial charge in [-0.1, -0.05) is 19.8 Å². The van der Waals surface area contributed by atoms with Crippen molar-refractivity contribution in [3.63, 3.8) is 0 Å². The average Bonchev–Trinajstić information content (AvgIpc) is 2.23. The van der Waals surface area contributed by atoms with E-state index >= 15 is 0 Å². The molecule has 0 aromatic heterocycles. The van der Waals surface area contributed by atoms with Crippen molar-refractivity contribution in [2.45, 2.75) is 37.7 Å². The van der Waals surface area contributed by atoms with Crippen LogP contribution in [0.3, 0.4) is 0 Å². The second kappa shape index (κ2) is 13.4. The third kappa shape index (κ3) is 10.2. The smallest absolute Gasteiger partial charge is 0.412 e. The van der Waals surface area contributed by atoms with E-state index in [4.69, 9.17) is 19.6 Å². The summed E-state index contributed by atoms with van der Waals surface area (Å²) in [6, 6.07) is 0. The van der Waals surface area contributed by atoms with Crippen LogP contribution >= 0.6 is 15.2 Å². The van der Waals surface area contributed by atoms with E-state index < -0.39 is 26.7 Å². The predicted octanol–water partition coefficient (Wildman–Crippen LogP) is -6.32. The molecule has 0 rings (SSSR count). The van der Waals surface area contributed by atoms with Gasteiger partial charge in [-0.3, -0.25) is 9.13 Å². The summed E-state index contributed by atoms with van der Waals surface area (Å²) in [7, 11) is -9.00. The van der Waals surface area contributed by atoms with Crippen LogP contribution in [-0.2, 0) is 9.13 Å². The van der Waals surface area contributed by atoms with E-state index in [1.165, 1.54) is 0 Å². The van der Waals surface area contributed by atoms with E-state index in [-0.39, 0.29) is 71.1 Å². The van der Waals surface area contributed by atoms with Gasteiger partial charge in [0.15, 0.2) is 0 Å². The summed E-state index contributed by atoms with van der Waals surface area (Å²) in [6.45, 7) is 2.64. The van der Waals surface area contributed by atoms with Crippen molar-refractivity contribution in [3.8, 4) is 0 Å². The van der Waals surface area contributed by atoms with Gasteiger partial charge in [0.05, 0.1) is 0 Å². The Bertz CT molecular complexity index is 353. The molecular formula is C9H25NNa2O8P2+2. The van der Waals surface area contributed by atoms with Crippen LogP contribution in [0.1, 0.15) is 32.6 Å². The van der Waals surface area contributed by atoms with E-state index in [2.05, 4.69) is 0 Å². The quantitative estimate of drug-likeness (QED) is 0.149. The molecule has 0 unspecified atom stereocenters. The van der Waals surface area contributed by atoms with Gasteiger partial charge in [0.25, 0.3) is 5.08 Å². The SMILES string of the molecule is CCCCCN(C)CCC(O)(P(=O)(O)O)P(=O)(O)O.O.[Na+].[Na+]. The van der Waals surface area contributed by atoms with Crippen LogP contribution in [0, 0.1) is 0 Å². The second-order valence-corrected chi connectivity index (χ2v) is 8.63. The second-order valence-electron chi connectivity index (χ2n) is 4.62. The van der Waals surface area contributed by atoms with Crippen molar-refractivity contribution in [3.05, 3.63) is 0 Å². The zero-order valence-electron chi connectivity index (χ0n) is 13.6. The number of hydrogen-bond acceptors (Lipinski definition) is 4. The van der Waals surface area contributed by atoms with Crippen LogP contribution in [0.25, 0.3) is 0 Å². The first-order valence-corrected chi connectivity index (χ1v) is 9.20. The zero-order chi connectivity index (χ0) is 15.3. The molecule has 0 radical (unpaired) electrons. The third-order valence-electron chi connectivity index (χ3n) is 2.91. The Morgan fingerprint density at radius 1 is 0.955 bits per heavy atom. The molecule has 124 valence electrons. The first-order valence-electron chi connectivity index (χ1n) is 5.98. The normalized spacial score (nSPS) is 12.2. The van der Waals surface area contributed by atoms with Crippen molar-refractivity contribution < 1.29 is 98.4 Å². The molecule has 0 aliphatic heterocycles. The summed E-state index contributed by atoms with van der Waals surface area (Å²) in [5.74, 6) is 0. The zero-order valence-corrected chi connectivity index (χ0v) is 19.4. The van der Waals surface area contributed by atoms with E-state index in [1.807, 2.05) is 6.92 Å². The summed E-state index contributed by atoms with van der Waals surface area (Å²) < 4.78 is 22.2. The van der Waals surface area contributed by atoms with Crippen molar-refractivity contribution >= 4 is 15.2 Å². The Kier molecular flexibility index (Phi) is 19.4. The number of nitrogens with zero attached hydrogens (tertiary/aromatic N) is 1. The van der Waals surface area contributed by atoms with Crippen LogP contribution < -0.4 is 59.1 Å². The Labute approximate surface area is 175 Å². The summed E-state index contributed by atoms with van der Waals surface area (Å²) in [5, 5.41) is 6.35.